The summed E-state index contributed by atoms with van der Waals surface area (Å²) in [7, 11) is 0. The first kappa shape index (κ1) is 14.6. The Balaban J connectivity index is 2.37. The van der Waals surface area contributed by atoms with Gasteiger partial charge < -0.3 is 16.4 Å². The standard InChI is InChI=1S/C15H22FN3O/c1-2-19(10-6-4-3-5-7-10)14-8-11(15(18)20)13(17)9-12(14)16/h8-10H,2-7,17H2,1H3,(H2,18,20). The van der Waals surface area contributed by atoms with Crippen molar-refractivity contribution in [3.05, 3.63) is 23.5 Å². The van der Waals surface area contributed by atoms with E-state index < -0.39 is 5.91 Å². The summed E-state index contributed by atoms with van der Waals surface area (Å²) in [5.41, 5.74) is 11.7. The number of halogens is 1. The molecule has 1 saturated carbocycles. The third-order valence-electron chi connectivity index (χ3n) is 4.05. The van der Waals surface area contributed by atoms with Gasteiger partial charge in [-0.3, -0.25) is 4.79 Å². The van der Waals surface area contributed by atoms with Gasteiger partial charge in [-0.2, -0.15) is 0 Å². The molecular formula is C15H22FN3O. The van der Waals surface area contributed by atoms with Crippen LogP contribution in [-0.2, 0) is 0 Å². The zero-order valence-corrected chi connectivity index (χ0v) is 11.9. The van der Waals surface area contributed by atoms with Crippen LogP contribution in [0.15, 0.2) is 12.1 Å². The van der Waals surface area contributed by atoms with Crippen LogP contribution in [-0.4, -0.2) is 18.5 Å². The summed E-state index contributed by atoms with van der Waals surface area (Å²) in [5, 5.41) is 0. The van der Waals surface area contributed by atoms with E-state index in [1.807, 2.05) is 11.8 Å². The van der Waals surface area contributed by atoms with Gasteiger partial charge in [0.25, 0.3) is 5.91 Å². The molecule has 1 aromatic rings. The van der Waals surface area contributed by atoms with Gasteiger partial charge in [0.2, 0.25) is 0 Å². The molecule has 2 rings (SSSR count). The number of hydrogen-bond donors (Lipinski definition) is 2. The Morgan fingerprint density at radius 1 is 1.35 bits per heavy atom. The molecule has 1 aliphatic rings. The molecule has 0 aromatic heterocycles. The topological polar surface area (TPSA) is 72.3 Å². The molecule has 5 heteroatoms. The number of anilines is 2. The minimum atomic E-state index is -0.622. The van der Waals surface area contributed by atoms with Crippen LogP contribution in [0, 0.1) is 5.82 Å². The van der Waals surface area contributed by atoms with Gasteiger partial charge in [0.1, 0.15) is 5.82 Å². The number of carbonyl (C=O) groups is 1. The molecule has 0 unspecified atom stereocenters. The first-order valence-electron chi connectivity index (χ1n) is 7.20. The Morgan fingerprint density at radius 2 is 2.00 bits per heavy atom. The molecule has 4 nitrogen and oxygen atoms in total. The summed E-state index contributed by atoms with van der Waals surface area (Å²) in [6.07, 6.45) is 5.69. The summed E-state index contributed by atoms with van der Waals surface area (Å²) in [4.78, 5) is 13.4. The largest absolute Gasteiger partial charge is 0.398 e. The number of benzene rings is 1. The van der Waals surface area contributed by atoms with E-state index in [-0.39, 0.29) is 17.1 Å². The predicted octanol–water partition coefficient (Wildman–Crippen LogP) is 2.67. The van der Waals surface area contributed by atoms with E-state index in [4.69, 9.17) is 11.5 Å². The number of carbonyl (C=O) groups excluding carboxylic acids is 1. The minimum Gasteiger partial charge on any atom is -0.398 e. The Hall–Kier alpha value is -1.78. The van der Waals surface area contributed by atoms with Gasteiger partial charge in [0, 0.05) is 18.3 Å². The molecule has 4 N–H and O–H groups in total. The second-order valence-corrected chi connectivity index (χ2v) is 5.33. The van der Waals surface area contributed by atoms with E-state index in [0.29, 0.717) is 18.3 Å². The van der Waals surface area contributed by atoms with Crippen LogP contribution in [0.2, 0.25) is 0 Å². The van der Waals surface area contributed by atoms with E-state index in [1.165, 1.54) is 31.4 Å². The maximum absolute atomic E-state index is 14.2. The highest BCUT2D eigenvalue weighted by atomic mass is 19.1. The fourth-order valence-electron chi connectivity index (χ4n) is 3.03. The lowest BCUT2D eigenvalue weighted by Gasteiger charge is -2.35. The molecule has 1 fully saturated rings. The number of nitrogen functional groups attached to an aromatic ring is 1. The summed E-state index contributed by atoms with van der Waals surface area (Å²) < 4.78 is 14.2. The molecule has 0 aliphatic heterocycles. The van der Waals surface area contributed by atoms with Crippen molar-refractivity contribution in [2.24, 2.45) is 5.73 Å². The molecule has 0 spiro atoms. The molecule has 0 radical (unpaired) electrons. The molecule has 0 bridgehead atoms. The highest BCUT2D eigenvalue weighted by Crippen LogP contribution is 2.31. The molecule has 0 heterocycles. The van der Waals surface area contributed by atoms with Crippen LogP contribution in [0.4, 0.5) is 15.8 Å². The van der Waals surface area contributed by atoms with Crippen molar-refractivity contribution >= 4 is 17.3 Å². The lowest BCUT2D eigenvalue weighted by Crippen LogP contribution is -2.37. The van der Waals surface area contributed by atoms with Gasteiger partial charge in [-0.05, 0) is 31.9 Å². The first-order valence-corrected chi connectivity index (χ1v) is 7.20. The van der Waals surface area contributed by atoms with Crippen molar-refractivity contribution in [2.45, 2.75) is 45.1 Å². The molecule has 110 valence electrons. The quantitative estimate of drug-likeness (QED) is 0.832. The Labute approximate surface area is 118 Å². The second-order valence-electron chi connectivity index (χ2n) is 5.33. The van der Waals surface area contributed by atoms with Crippen molar-refractivity contribution in [3.63, 3.8) is 0 Å². The monoisotopic (exact) mass is 279 g/mol. The van der Waals surface area contributed by atoms with E-state index in [2.05, 4.69) is 0 Å². The van der Waals surface area contributed by atoms with Crippen molar-refractivity contribution in [1.29, 1.82) is 0 Å². The summed E-state index contributed by atoms with van der Waals surface area (Å²) in [5.74, 6) is -1.01. The average Bonchev–Trinajstić information content (AvgIpc) is 2.42. The summed E-state index contributed by atoms with van der Waals surface area (Å²) in [6, 6.07) is 3.01. The number of nitrogens with two attached hydrogens (primary N) is 2. The van der Waals surface area contributed by atoms with Gasteiger partial charge in [0.05, 0.1) is 11.3 Å². The van der Waals surface area contributed by atoms with Crippen LogP contribution in [0.1, 0.15) is 49.4 Å². The SMILES string of the molecule is CCN(c1cc(C(N)=O)c(N)cc1F)C1CCCCC1. The highest BCUT2D eigenvalue weighted by Gasteiger charge is 2.24. The average molecular weight is 279 g/mol. The minimum absolute atomic E-state index is 0.0958. The third-order valence-corrected chi connectivity index (χ3v) is 4.05. The molecule has 0 atom stereocenters. The molecule has 20 heavy (non-hydrogen) atoms. The van der Waals surface area contributed by atoms with E-state index in [9.17, 15) is 9.18 Å². The molecular weight excluding hydrogens is 257 g/mol. The van der Waals surface area contributed by atoms with Gasteiger partial charge in [-0.15, -0.1) is 0 Å². The highest BCUT2D eigenvalue weighted by molar-refractivity contribution is 5.99. The van der Waals surface area contributed by atoms with Gasteiger partial charge in [-0.1, -0.05) is 19.3 Å². The molecule has 0 saturated heterocycles. The van der Waals surface area contributed by atoms with Crippen LogP contribution < -0.4 is 16.4 Å². The summed E-state index contributed by atoms with van der Waals surface area (Å²) in [6.45, 7) is 2.69. The lowest BCUT2D eigenvalue weighted by atomic mass is 9.93. The normalized spacial score (nSPS) is 16.1. The zero-order valence-electron chi connectivity index (χ0n) is 11.9. The van der Waals surface area contributed by atoms with E-state index in [1.54, 1.807) is 0 Å². The van der Waals surface area contributed by atoms with Crippen LogP contribution in [0.3, 0.4) is 0 Å². The number of rotatable bonds is 4. The molecule has 1 amide bonds. The predicted molar refractivity (Wildman–Crippen MR) is 79.2 cm³/mol. The fraction of sp³-hybridized carbons (Fsp3) is 0.533. The maximum Gasteiger partial charge on any atom is 0.250 e. The Bertz CT molecular complexity index is 498. The van der Waals surface area contributed by atoms with E-state index >= 15 is 0 Å². The number of amides is 1. The molecule has 1 aliphatic carbocycles. The third kappa shape index (κ3) is 2.86. The number of hydrogen-bond acceptors (Lipinski definition) is 3. The fourth-order valence-corrected chi connectivity index (χ4v) is 3.03. The smallest absolute Gasteiger partial charge is 0.250 e. The zero-order chi connectivity index (χ0) is 14.7. The Morgan fingerprint density at radius 3 is 2.55 bits per heavy atom. The van der Waals surface area contributed by atoms with Crippen LogP contribution in [0.5, 0.6) is 0 Å². The first-order chi connectivity index (χ1) is 9.54. The van der Waals surface area contributed by atoms with Crippen LogP contribution in [0.25, 0.3) is 0 Å². The van der Waals surface area contributed by atoms with Gasteiger partial charge in [-0.25, -0.2) is 4.39 Å². The van der Waals surface area contributed by atoms with Gasteiger partial charge >= 0.3 is 0 Å². The van der Waals surface area contributed by atoms with Crippen LogP contribution >= 0.6 is 0 Å². The Kier molecular flexibility index (Phi) is 4.47. The van der Waals surface area contributed by atoms with Gasteiger partial charge in [0.15, 0.2) is 0 Å². The molecule has 1 aromatic carbocycles. The van der Waals surface area contributed by atoms with Crippen molar-refractivity contribution in [1.82, 2.24) is 0 Å². The second kappa shape index (κ2) is 6.11. The maximum atomic E-state index is 14.2. The summed E-state index contributed by atoms with van der Waals surface area (Å²) >= 11 is 0. The number of primary amides is 1. The van der Waals surface area contributed by atoms with Crippen molar-refractivity contribution < 1.29 is 9.18 Å². The van der Waals surface area contributed by atoms with Crippen molar-refractivity contribution in [2.75, 3.05) is 17.2 Å². The van der Waals surface area contributed by atoms with E-state index in [0.717, 1.165) is 12.8 Å². The lowest BCUT2D eigenvalue weighted by molar-refractivity contribution is 0.100. The van der Waals surface area contributed by atoms with Crippen molar-refractivity contribution in [3.8, 4) is 0 Å². The number of nitrogens with zero attached hydrogens (tertiary/aromatic N) is 1.